The van der Waals surface area contributed by atoms with Crippen LogP contribution in [0.5, 0.6) is 0 Å². The minimum Gasteiger partial charge on any atom is -0.293 e. The third kappa shape index (κ3) is 4.28. The Morgan fingerprint density at radius 2 is 1.91 bits per heavy atom. The van der Waals surface area contributed by atoms with Crippen molar-refractivity contribution in [3.8, 4) is 10.6 Å². The van der Waals surface area contributed by atoms with Gasteiger partial charge in [0.25, 0.3) is 0 Å². The average molecular weight is 466 g/mol. The minimum absolute atomic E-state index is 0.0507. The van der Waals surface area contributed by atoms with E-state index in [1.807, 2.05) is 60.7 Å². The van der Waals surface area contributed by atoms with Gasteiger partial charge in [-0.05, 0) is 23.7 Å². The van der Waals surface area contributed by atoms with Gasteiger partial charge in [-0.15, -0.1) is 0 Å². The summed E-state index contributed by atoms with van der Waals surface area (Å²) in [7, 11) is 0. The first-order valence-corrected chi connectivity index (χ1v) is 11.7. The number of hydrazine groups is 1. The summed E-state index contributed by atoms with van der Waals surface area (Å²) in [5.74, 6) is -0.271. The van der Waals surface area contributed by atoms with E-state index in [1.54, 1.807) is 4.90 Å². The number of para-hydroxylation sites is 1. The lowest BCUT2D eigenvalue weighted by Gasteiger charge is -2.32. The van der Waals surface area contributed by atoms with Crippen LogP contribution >= 0.6 is 23.3 Å². The zero-order valence-corrected chi connectivity index (χ0v) is 18.4. The van der Waals surface area contributed by atoms with Crippen molar-refractivity contribution in [3.63, 3.8) is 0 Å². The molecular weight excluding hydrogens is 446 g/mol. The van der Waals surface area contributed by atoms with E-state index < -0.39 is 0 Å². The van der Waals surface area contributed by atoms with Crippen LogP contribution in [-0.2, 0) is 9.59 Å². The molecule has 1 aromatic heterocycles. The maximum absolute atomic E-state index is 13.1. The number of hydrogen-bond acceptors (Lipinski definition) is 9. The molecule has 0 spiro atoms. The Bertz CT molecular complexity index is 1150. The largest absolute Gasteiger partial charge is 0.293 e. The van der Waals surface area contributed by atoms with Gasteiger partial charge in [-0.25, -0.2) is 10.4 Å². The number of aromatic nitrogens is 2. The van der Waals surface area contributed by atoms with Crippen molar-refractivity contribution in [1.29, 1.82) is 0 Å². The topological polar surface area (TPSA) is 112 Å². The van der Waals surface area contributed by atoms with E-state index in [0.717, 1.165) is 16.3 Å². The second kappa shape index (κ2) is 9.17. The Morgan fingerprint density at radius 1 is 1.16 bits per heavy atom. The maximum atomic E-state index is 13.1. The first-order valence-electron chi connectivity index (χ1n) is 9.96. The molecule has 1 fully saturated rings. The van der Waals surface area contributed by atoms with Gasteiger partial charge in [0, 0.05) is 12.1 Å². The number of anilines is 2. The highest BCUT2D eigenvalue weighted by Crippen LogP contribution is 2.29. The lowest BCUT2D eigenvalue weighted by molar-refractivity contribution is -0.121. The second-order valence-electron chi connectivity index (χ2n) is 7.12. The fourth-order valence-electron chi connectivity index (χ4n) is 3.45. The van der Waals surface area contributed by atoms with Crippen LogP contribution in [0, 0.1) is 5.92 Å². The summed E-state index contributed by atoms with van der Waals surface area (Å²) >= 11 is 2.43. The molecule has 32 heavy (non-hydrogen) atoms. The lowest BCUT2D eigenvalue weighted by atomic mass is 10.1. The molecule has 2 aliphatic heterocycles. The molecule has 11 heteroatoms. The van der Waals surface area contributed by atoms with Crippen LogP contribution in [0.4, 0.5) is 11.6 Å². The summed E-state index contributed by atoms with van der Waals surface area (Å²) in [6, 6.07) is 19.0. The zero-order chi connectivity index (χ0) is 21.9. The van der Waals surface area contributed by atoms with Crippen molar-refractivity contribution in [2.24, 2.45) is 10.9 Å². The predicted molar refractivity (Wildman–Crippen MR) is 126 cm³/mol. The van der Waals surface area contributed by atoms with Gasteiger partial charge >= 0.3 is 0 Å². The van der Waals surface area contributed by atoms with Crippen molar-refractivity contribution in [3.05, 3.63) is 60.7 Å². The number of benzene rings is 2. The lowest BCUT2D eigenvalue weighted by Crippen LogP contribution is -2.49. The van der Waals surface area contributed by atoms with Crippen molar-refractivity contribution < 1.29 is 9.59 Å². The molecule has 2 amide bonds. The third-order valence-electron chi connectivity index (χ3n) is 4.98. The van der Waals surface area contributed by atoms with Gasteiger partial charge in [0.05, 0.1) is 17.4 Å². The van der Waals surface area contributed by atoms with Crippen LogP contribution in [-0.4, -0.2) is 44.8 Å². The Hall–Kier alpha value is -3.12. The zero-order valence-electron chi connectivity index (χ0n) is 16.8. The van der Waals surface area contributed by atoms with Gasteiger partial charge in [-0.2, -0.15) is 9.36 Å². The number of rotatable bonds is 5. The standard InChI is InChI=1S/C21H19N7O2S2/c29-16(23-20-25-18(32-27-20)13-7-3-1-4-8-13)12-31-21-24-17-15(11-22-26-17)19(30)28(21)14-9-5-2-6-10-14/h1-10,15,17,22,26H,11-12H2,(H,23,27,29). The molecule has 0 saturated carbocycles. The highest BCUT2D eigenvalue weighted by Gasteiger charge is 2.42. The molecule has 5 rings (SSSR count). The molecule has 9 nitrogen and oxygen atoms in total. The van der Waals surface area contributed by atoms with Crippen LogP contribution in [0.1, 0.15) is 0 Å². The number of fused-ring (bicyclic) bond motifs is 1. The number of carbonyl (C=O) groups is 2. The van der Waals surface area contributed by atoms with Crippen molar-refractivity contribution in [1.82, 2.24) is 20.2 Å². The molecule has 2 aliphatic rings. The molecule has 3 heterocycles. The number of amidine groups is 1. The summed E-state index contributed by atoms with van der Waals surface area (Å²) < 4.78 is 4.22. The average Bonchev–Trinajstić information content (AvgIpc) is 3.49. The number of nitrogens with zero attached hydrogens (tertiary/aromatic N) is 4. The van der Waals surface area contributed by atoms with Gasteiger partial charge in [-0.1, -0.05) is 60.3 Å². The van der Waals surface area contributed by atoms with Crippen molar-refractivity contribution in [2.75, 3.05) is 22.5 Å². The summed E-state index contributed by atoms with van der Waals surface area (Å²) in [6.45, 7) is 0.508. The number of nitrogens with one attached hydrogen (secondary N) is 3. The van der Waals surface area contributed by atoms with E-state index in [0.29, 0.717) is 11.7 Å². The van der Waals surface area contributed by atoms with Gasteiger partial charge in [0.1, 0.15) is 11.2 Å². The Kier molecular flexibility index (Phi) is 5.95. The Balaban J connectivity index is 1.28. The number of aliphatic imine (C=N–C) groups is 1. The highest BCUT2D eigenvalue weighted by atomic mass is 32.2. The third-order valence-corrected chi connectivity index (χ3v) is 6.69. The summed E-state index contributed by atoms with van der Waals surface area (Å²) in [5, 5.41) is 3.94. The number of carbonyl (C=O) groups excluding carboxylic acids is 2. The van der Waals surface area contributed by atoms with Crippen molar-refractivity contribution >= 4 is 51.9 Å². The van der Waals surface area contributed by atoms with Crippen LogP contribution in [0.2, 0.25) is 0 Å². The van der Waals surface area contributed by atoms with Crippen LogP contribution < -0.4 is 21.1 Å². The monoisotopic (exact) mass is 465 g/mol. The molecule has 162 valence electrons. The van der Waals surface area contributed by atoms with Gasteiger partial charge < -0.3 is 0 Å². The first kappa shape index (κ1) is 20.8. The molecule has 2 atom stereocenters. The number of thioether (sulfide) groups is 1. The van der Waals surface area contributed by atoms with Gasteiger partial charge in [-0.3, -0.25) is 25.2 Å². The minimum atomic E-state index is -0.346. The van der Waals surface area contributed by atoms with E-state index in [1.165, 1.54) is 23.3 Å². The molecule has 0 aliphatic carbocycles. The fraction of sp³-hybridized carbons (Fsp3) is 0.190. The Labute approximate surface area is 192 Å². The molecule has 3 N–H and O–H groups in total. The SMILES string of the molecule is O=C(CSC1=NC2NNCC2C(=O)N1c1ccccc1)Nc1nsc(-c2ccccc2)n1. The summed E-state index contributed by atoms with van der Waals surface area (Å²) in [6.07, 6.45) is -0.346. The van der Waals surface area contributed by atoms with E-state index >= 15 is 0 Å². The molecular formula is C21H19N7O2S2. The fourth-order valence-corrected chi connectivity index (χ4v) is 4.92. The summed E-state index contributed by atoms with van der Waals surface area (Å²) in [5.41, 5.74) is 7.68. The van der Waals surface area contributed by atoms with E-state index in [4.69, 9.17) is 0 Å². The normalized spacial score (nSPS) is 20.1. The molecule has 2 unspecified atom stereocenters. The highest BCUT2D eigenvalue weighted by molar-refractivity contribution is 8.14. The van der Waals surface area contributed by atoms with E-state index in [9.17, 15) is 9.59 Å². The first-order chi connectivity index (χ1) is 15.7. The molecule has 3 aromatic rings. The smallest absolute Gasteiger partial charge is 0.241 e. The number of hydrogen-bond donors (Lipinski definition) is 3. The quantitative estimate of drug-likeness (QED) is 0.530. The van der Waals surface area contributed by atoms with E-state index in [2.05, 4.69) is 30.5 Å². The van der Waals surface area contributed by atoms with Gasteiger partial charge in [0.2, 0.25) is 17.8 Å². The van der Waals surface area contributed by atoms with E-state index in [-0.39, 0.29) is 35.6 Å². The maximum Gasteiger partial charge on any atom is 0.241 e. The van der Waals surface area contributed by atoms with Gasteiger partial charge in [0.15, 0.2) is 5.17 Å². The predicted octanol–water partition coefficient (Wildman–Crippen LogP) is 2.33. The molecule has 2 aromatic carbocycles. The van der Waals surface area contributed by atoms with Crippen LogP contribution in [0.15, 0.2) is 65.7 Å². The molecule has 0 bridgehead atoms. The van der Waals surface area contributed by atoms with Crippen molar-refractivity contribution in [2.45, 2.75) is 6.17 Å². The molecule has 1 saturated heterocycles. The van der Waals surface area contributed by atoms with Crippen LogP contribution in [0.3, 0.4) is 0 Å². The molecule has 0 radical (unpaired) electrons. The Morgan fingerprint density at radius 3 is 2.69 bits per heavy atom. The second-order valence-corrected chi connectivity index (χ2v) is 8.82. The number of amides is 2. The summed E-state index contributed by atoms with van der Waals surface area (Å²) in [4.78, 5) is 36.3. The van der Waals surface area contributed by atoms with Crippen LogP contribution in [0.25, 0.3) is 10.6 Å².